The highest BCUT2D eigenvalue weighted by molar-refractivity contribution is 5.78. The number of nitrogens with zero attached hydrogens (tertiary/aromatic N) is 3. The smallest absolute Gasteiger partial charge is 0.236 e. The molecule has 0 saturated carbocycles. The summed E-state index contributed by atoms with van der Waals surface area (Å²) in [5, 5.41) is 9.02. The molecule has 1 aromatic carbocycles. The van der Waals surface area contributed by atoms with Gasteiger partial charge in [0.2, 0.25) is 5.91 Å². The van der Waals surface area contributed by atoms with E-state index in [0.717, 1.165) is 39.3 Å². The average molecular weight is 319 g/mol. The Morgan fingerprint density at radius 1 is 1.22 bits per heavy atom. The zero-order chi connectivity index (χ0) is 16.7. The van der Waals surface area contributed by atoms with Gasteiger partial charge in [0.25, 0.3) is 0 Å². The monoisotopic (exact) mass is 319 g/mol. The number of carbonyl (C=O) groups is 1. The maximum atomic E-state index is 12.3. The lowest BCUT2D eigenvalue weighted by Crippen LogP contribution is -2.51. The van der Waals surface area contributed by atoms with Gasteiger partial charge in [-0.1, -0.05) is 31.2 Å². The molecular weight excluding hydrogens is 290 g/mol. The second kappa shape index (κ2) is 9.01. The zero-order valence-corrected chi connectivity index (χ0v) is 14.4. The van der Waals surface area contributed by atoms with Crippen LogP contribution in [0.25, 0.3) is 0 Å². The lowest BCUT2D eigenvalue weighted by molar-refractivity contribution is -0.134. The van der Waals surface area contributed by atoms with Gasteiger partial charge in [0.05, 0.1) is 13.2 Å². The Labute approximate surface area is 139 Å². The first kappa shape index (κ1) is 17.9. The van der Waals surface area contributed by atoms with Gasteiger partial charge < -0.3 is 10.0 Å². The first-order chi connectivity index (χ1) is 11.1. The summed E-state index contributed by atoms with van der Waals surface area (Å²) in [7, 11) is 0. The van der Waals surface area contributed by atoms with Crippen LogP contribution < -0.4 is 0 Å². The number of hydrogen-bond donors (Lipinski definition) is 1. The van der Waals surface area contributed by atoms with Crippen molar-refractivity contribution >= 4 is 5.91 Å². The van der Waals surface area contributed by atoms with E-state index in [2.05, 4.69) is 36.1 Å². The van der Waals surface area contributed by atoms with Crippen molar-refractivity contribution in [3.63, 3.8) is 0 Å². The fourth-order valence-corrected chi connectivity index (χ4v) is 2.97. The molecule has 0 unspecified atom stereocenters. The number of hydrogen-bond acceptors (Lipinski definition) is 4. The number of benzene rings is 1. The largest absolute Gasteiger partial charge is 0.395 e. The minimum absolute atomic E-state index is 0.103. The predicted octanol–water partition coefficient (Wildman–Crippen LogP) is 0.953. The molecule has 1 heterocycles. The molecule has 1 amide bonds. The molecule has 2 rings (SSSR count). The fourth-order valence-electron chi connectivity index (χ4n) is 2.97. The Morgan fingerprint density at radius 3 is 2.52 bits per heavy atom. The van der Waals surface area contributed by atoms with Crippen molar-refractivity contribution in [1.82, 2.24) is 14.7 Å². The van der Waals surface area contributed by atoms with E-state index in [1.165, 1.54) is 11.1 Å². The number of likely N-dealkylation sites (N-methyl/N-ethyl adjacent to an activating group) is 1. The minimum atomic E-state index is 0.103. The van der Waals surface area contributed by atoms with Crippen molar-refractivity contribution in [1.29, 1.82) is 0 Å². The number of piperazine rings is 1. The van der Waals surface area contributed by atoms with Crippen LogP contribution >= 0.6 is 0 Å². The van der Waals surface area contributed by atoms with Gasteiger partial charge in [-0.25, -0.2) is 0 Å². The second-order valence-corrected chi connectivity index (χ2v) is 6.18. The summed E-state index contributed by atoms with van der Waals surface area (Å²) < 4.78 is 0. The minimum Gasteiger partial charge on any atom is -0.395 e. The molecule has 5 nitrogen and oxygen atoms in total. The highest BCUT2D eigenvalue weighted by Crippen LogP contribution is 2.12. The summed E-state index contributed by atoms with van der Waals surface area (Å²) in [5.74, 6) is 0.177. The molecule has 0 spiro atoms. The molecule has 1 N–H and O–H groups in total. The van der Waals surface area contributed by atoms with E-state index in [4.69, 9.17) is 5.11 Å². The fraction of sp³-hybridized carbons (Fsp3) is 0.611. The molecule has 0 radical (unpaired) electrons. The molecule has 0 atom stereocenters. The van der Waals surface area contributed by atoms with Crippen LogP contribution in [-0.2, 0) is 11.3 Å². The van der Waals surface area contributed by atoms with Gasteiger partial charge in [-0.3, -0.25) is 14.6 Å². The van der Waals surface area contributed by atoms with Crippen molar-refractivity contribution < 1.29 is 9.90 Å². The first-order valence-electron chi connectivity index (χ1n) is 8.52. The molecule has 1 saturated heterocycles. The molecule has 5 heteroatoms. The Morgan fingerprint density at radius 2 is 1.91 bits per heavy atom. The maximum absolute atomic E-state index is 12.3. The summed E-state index contributed by atoms with van der Waals surface area (Å²) in [6.45, 7) is 10.4. The van der Waals surface area contributed by atoms with E-state index in [1.807, 2.05) is 16.7 Å². The van der Waals surface area contributed by atoms with E-state index in [-0.39, 0.29) is 12.5 Å². The summed E-state index contributed by atoms with van der Waals surface area (Å²) in [6, 6.07) is 8.49. The molecule has 23 heavy (non-hydrogen) atoms. The van der Waals surface area contributed by atoms with E-state index in [0.29, 0.717) is 13.1 Å². The lowest BCUT2D eigenvalue weighted by Gasteiger charge is -2.36. The summed E-state index contributed by atoms with van der Waals surface area (Å²) in [4.78, 5) is 18.7. The molecule has 1 fully saturated rings. The number of aryl methyl sites for hydroxylation is 1. The summed E-state index contributed by atoms with van der Waals surface area (Å²) in [5.41, 5.74) is 2.70. The topological polar surface area (TPSA) is 47.0 Å². The third-order valence-electron chi connectivity index (χ3n) is 4.60. The van der Waals surface area contributed by atoms with Crippen LogP contribution in [0.2, 0.25) is 0 Å². The van der Waals surface area contributed by atoms with Crippen molar-refractivity contribution in [2.24, 2.45) is 0 Å². The van der Waals surface area contributed by atoms with Crippen molar-refractivity contribution in [3.05, 3.63) is 35.4 Å². The van der Waals surface area contributed by atoms with Gasteiger partial charge in [-0.2, -0.15) is 0 Å². The third kappa shape index (κ3) is 5.30. The molecule has 1 aliphatic rings. The van der Waals surface area contributed by atoms with E-state index in [9.17, 15) is 4.79 Å². The normalized spacial score (nSPS) is 16.1. The second-order valence-electron chi connectivity index (χ2n) is 6.18. The molecular formula is C18H29N3O2. The molecule has 0 aromatic heterocycles. The highest BCUT2D eigenvalue weighted by atomic mass is 16.3. The SMILES string of the molecule is CCN(CCO)CC(=O)N1CCN(Cc2ccccc2C)CC1. The maximum Gasteiger partial charge on any atom is 0.236 e. The van der Waals surface area contributed by atoms with Gasteiger partial charge >= 0.3 is 0 Å². The Balaban J connectivity index is 1.79. The number of amides is 1. The van der Waals surface area contributed by atoms with E-state index in [1.54, 1.807) is 0 Å². The Kier molecular flexibility index (Phi) is 7.02. The van der Waals surface area contributed by atoms with Gasteiger partial charge in [-0.15, -0.1) is 0 Å². The molecule has 0 bridgehead atoms. The third-order valence-corrected chi connectivity index (χ3v) is 4.60. The quantitative estimate of drug-likeness (QED) is 0.813. The Bertz CT molecular complexity index is 499. The molecule has 1 aliphatic heterocycles. The zero-order valence-electron chi connectivity index (χ0n) is 14.4. The van der Waals surface area contributed by atoms with Crippen LogP contribution in [0.1, 0.15) is 18.1 Å². The van der Waals surface area contributed by atoms with Crippen LogP contribution in [0.4, 0.5) is 0 Å². The van der Waals surface area contributed by atoms with Gasteiger partial charge in [0, 0.05) is 39.3 Å². The van der Waals surface area contributed by atoms with E-state index >= 15 is 0 Å². The van der Waals surface area contributed by atoms with Crippen LogP contribution in [0.3, 0.4) is 0 Å². The van der Waals surface area contributed by atoms with Crippen LogP contribution in [0, 0.1) is 6.92 Å². The van der Waals surface area contributed by atoms with Crippen LogP contribution in [0.15, 0.2) is 24.3 Å². The van der Waals surface area contributed by atoms with Crippen LogP contribution in [-0.4, -0.2) is 78.1 Å². The van der Waals surface area contributed by atoms with Gasteiger partial charge in [0.1, 0.15) is 0 Å². The van der Waals surface area contributed by atoms with Crippen LogP contribution in [0.5, 0.6) is 0 Å². The molecule has 0 aliphatic carbocycles. The van der Waals surface area contributed by atoms with Crippen molar-refractivity contribution in [3.8, 4) is 0 Å². The average Bonchev–Trinajstić information content (AvgIpc) is 2.57. The predicted molar refractivity (Wildman–Crippen MR) is 92.2 cm³/mol. The number of rotatable bonds is 7. The van der Waals surface area contributed by atoms with Crippen molar-refractivity contribution in [2.75, 3.05) is 52.4 Å². The molecule has 128 valence electrons. The van der Waals surface area contributed by atoms with Gasteiger partial charge in [0.15, 0.2) is 0 Å². The summed E-state index contributed by atoms with van der Waals surface area (Å²) in [6.07, 6.45) is 0. The van der Waals surface area contributed by atoms with Crippen molar-refractivity contribution in [2.45, 2.75) is 20.4 Å². The highest BCUT2D eigenvalue weighted by Gasteiger charge is 2.22. The Hall–Kier alpha value is -1.43. The number of carbonyl (C=O) groups excluding carboxylic acids is 1. The molecule has 1 aromatic rings. The summed E-state index contributed by atoms with van der Waals surface area (Å²) >= 11 is 0. The van der Waals surface area contributed by atoms with E-state index < -0.39 is 0 Å². The number of aliphatic hydroxyl groups excluding tert-OH is 1. The lowest BCUT2D eigenvalue weighted by atomic mass is 10.1. The van der Waals surface area contributed by atoms with Gasteiger partial charge in [-0.05, 0) is 24.6 Å². The standard InChI is InChI=1S/C18H29N3O2/c1-3-19(12-13-22)15-18(23)21-10-8-20(9-11-21)14-17-7-5-4-6-16(17)2/h4-7,22H,3,8-15H2,1-2H3. The number of aliphatic hydroxyl groups is 1. The first-order valence-corrected chi connectivity index (χ1v) is 8.52.